The number of rotatable bonds is 8. The molecule has 2 rings (SSSR count). The summed E-state index contributed by atoms with van der Waals surface area (Å²) in [5, 5.41) is 3.71. The average Bonchev–Trinajstić information content (AvgIpc) is 2.92. The topological polar surface area (TPSA) is 55.4 Å². The smallest absolute Gasteiger partial charge is 0.341 e. The Labute approximate surface area is 155 Å². The Kier molecular flexibility index (Phi) is 7.48. The van der Waals surface area contributed by atoms with Crippen molar-refractivity contribution in [3.8, 4) is 0 Å². The predicted octanol–water partition coefficient (Wildman–Crippen LogP) is 5.20. The van der Waals surface area contributed by atoms with Crippen LogP contribution in [0.15, 0.2) is 0 Å². The molecule has 140 valence electrons. The van der Waals surface area contributed by atoms with E-state index in [1.54, 1.807) is 11.3 Å². The molecular formula is C20H31NO3S. The van der Waals surface area contributed by atoms with Gasteiger partial charge in [0.1, 0.15) is 5.00 Å². The largest absolute Gasteiger partial charge is 0.462 e. The zero-order chi connectivity index (χ0) is 18.4. The van der Waals surface area contributed by atoms with E-state index >= 15 is 0 Å². The first-order valence-electron chi connectivity index (χ1n) is 9.64. The lowest BCUT2D eigenvalue weighted by Crippen LogP contribution is -2.21. The van der Waals surface area contributed by atoms with Crippen molar-refractivity contribution in [1.82, 2.24) is 0 Å². The van der Waals surface area contributed by atoms with E-state index in [-0.39, 0.29) is 17.8 Å². The zero-order valence-electron chi connectivity index (χ0n) is 15.9. The van der Waals surface area contributed by atoms with Crippen molar-refractivity contribution in [2.75, 3.05) is 11.9 Å². The molecule has 2 atom stereocenters. The van der Waals surface area contributed by atoms with Gasteiger partial charge < -0.3 is 10.1 Å². The van der Waals surface area contributed by atoms with Crippen LogP contribution in [-0.2, 0) is 22.4 Å². The molecule has 0 bridgehead atoms. The molecule has 1 aliphatic rings. The van der Waals surface area contributed by atoms with Gasteiger partial charge in [-0.15, -0.1) is 11.3 Å². The van der Waals surface area contributed by atoms with Crippen molar-refractivity contribution in [3.63, 3.8) is 0 Å². The first-order chi connectivity index (χ1) is 12.0. The van der Waals surface area contributed by atoms with Crippen molar-refractivity contribution in [2.24, 2.45) is 11.8 Å². The van der Waals surface area contributed by atoms with Gasteiger partial charge in [-0.2, -0.15) is 0 Å². The number of carbonyl (C=O) groups excluding carboxylic acids is 2. The standard InChI is InChI=1S/C20H31NO3S/c1-5-8-13(4)18(22)21-19-17(20(23)24-7-3)15-11-10-14(9-6-2)12-16(15)25-19/h13-14H,5-12H2,1-4H3,(H,21,22). The molecule has 5 heteroatoms. The molecule has 0 saturated carbocycles. The van der Waals surface area contributed by atoms with Crippen LogP contribution in [0.2, 0.25) is 0 Å². The molecule has 4 nitrogen and oxygen atoms in total. The molecule has 0 saturated heterocycles. The van der Waals surface area contributed by atoms with E-state index in [4.69, 9.17) is 4.74 Å². The molecule has 0 spiro atoms. The molecule has 25 heavy (non-hydrogen) atoms. The fraction of sp³-hybridized carbons (Fsp3) is 0.700. The lowest BCUT2D eigenvalue weighted by molar-refractivity contribution is -0.119. The lowest BCUT2D eigenvalue weighted by Gasteiger charge is -2.21. The van der Waals surface area contributed by atoms with Crippen LogP contribution in [0.25, 0.3) is 0 Å². The Bertz CT molecular complexity index is 608. The van der Waals surface area contributed by atoms with E-state index in [0.717, 1.165) is 37.7 Å². The summed E-state index contributed by atoms with van der Waals surface area (Å²) in [5.41, 5.74) is 1.71. The zero-order valence-corrected chi connectivity index (χ0v) is 16.8. The highest BCUT2D eigenvalue weighted by molar-refractivity contribution is 7.17. The third-order valence-electron chi connectivity index (χ3n) is 4.95. The Balaban J connectivity index is 2.28. The SMILES string of the molecule is CCCC1CCc2c(sc(NC(=O)C(C)CCC)c2C(=O)OCC)C1. The summed E-state index contributed by atoms with van der Waals surface area (Å²) in [7, 11) is 0. The van der Waals surface area contributed by atoms with Crippen LogP contribution < -0.4 is 5.32 Å². The normalized spacial score (nSPS) is 17.7. The number of carbonyl (C=O) groups is 2. The number of hydrogen-bond donors (Lipinski definition) is 1. The van der Waals surface area contributed by atoms with Crippen LogP contribution in [0.4, 0.5) is 5.00 Å². The number of fused-ring (bicyclic) bond motifs is 1. The molecule has 0 aliphatic heterocycles. The van der Waals surface area contributed by atoms with Gasteiger partial charge in [0.05, 0.1) is 12.2 Å². The number of anilines is 1. The van der Waals surface area contributed by atoms with Crippen LogP contribution in [0.3, 0.4) is 0 Å². The summed E-state index contributed by atoms with van der Waals surface area (Å²) >= 11 is 1.58. The number of ether oxygens (including phenoxy) is 1. The van der Waals surface area contributed by atoms with Gasteiger partial charge in [-0.05, 0) is 44.1 Å². The van der Waals surface area contributed by atoms with Crippen LogP contribution in [-0.4, -0.2) is 18.5 Å². The van der Waals surface area contributed by atoms with E-state index in [9.17, 15) is 9.59 Å². The molecular weight excluding hydrogens is 334 g/mol. The number of hydrogen-bond acceptors (Lipinski definition) is 4. The second kappa shape index (κ2) is 9.37. The molecule has 1 aromatic rings. The number of amides is 1. The van der Waals surface area contributed by atoms with E-state index in [2.05, 4.69) is 19.2 Å². The van der Waals surface area contributed by atoms with Gasteiger partial charge in [-0.3, -0.25) is 4.79 Å². The minimum Gasteiger partial charge on any atom is -0.462 e. The fourth-order valence-electron chi connectivity index (χ4n) is 3.62. The van der Waals surface area contributed by atoms with Crippen molar-refractivity contribution in [2.45, 2.75) is 72.6 Å². The monoisotopic (exact) mass is 365 g/mol. The first kappa shape index (κ1) is 20.0. The molecule has 1 heterocycles. The molecule has 1 aliphatic carbocycles. The van der Waals surface area contributed by atoms with Gasteiger partial charge in [0.15, 0.2) is 0 Å². The van der Waals surface area contributed by atoms with Gasteiger partial charge >= 0.3 is 5.97 Å². The van der Waals surface area contributed by atoms with Crippen molar-refractivity contribution in [1.29, 1.82) is 0 Å². The second-order valence-electron chi connectivity index (χ2n) is 7.00. The Morgan fingerprint density at radius 1 is 1.28 bits per heavy atom. The van der Waals surface area contributed by atoms with Gasteiger partial charge in [-0.1, -0.05) is 40.0 Å². The molecule has 0 aromatic carbocycles. The number of esters is 1. The highest BCUT2D eigenvalue weighted by atomic mass is 32.1. The van der Waals surface area contributed by atoms with Crippen LogP contribution in [0.1, 0.15) is 80.6 Å². The fourth-order valence-corrected chi connectivity index (χ4v) is 4.97. The van der Waals surface area contributed by atoms with Crippen molar-refractivity contribution >= 4 is 28.2 Å². The van der Waals surface area contributed by atoms with E-state index < -0.39 is 0 Å². The van der Waals surface area contributed by atoms with Gasteiger partial charge in [0, 0.05) is 10.8 Å². The maximum absolute atomic E-state index is 12.5. The van der Waals surface area contributed by atoms with E-state index in [0.29, 0.717) is 23.1 Å². The highest BCUT2D eigenvalue weighted by Gasteiger charge is 2.30. The molecule has 1 amide bonds. The minimum absolute atomic E-state index is 0.00361. The summed E-state index contributed by atoms with van der Waals surface area (Å²) < 4.78 is 5.27. The third-order valence-corrected chi connectivity index (χ3v) is 6.12. The van der Waals surface area contributed by atoms with E-state index in [1.807, 2.05) is 13.8 Å². The Morgan fingerprint density at radius 3 is 2.68 bits per heavy atom. The predicted molar refractivity (Wildman–Crippen MR) is 103 cm³/mol. The molecule has 0 radical (unpaired) electrons. The average molecular weight is 366 g/mol. The summed E-state index contributed by atoms with van der Waals surface area (Å²) in [6.07, 6.45) is 7.27. The van der Waals surface area contributed by atoms with Crippen LogP contribution in [0.5, 0.6) is 0 Å². The molecule has 2 unspecified atom stereocenters. The summed E-state index contributed by atoms with van der Waals surface area (Å²) in [6.45, 7) is 8.39. The summed E-state index contributed by atoms with van der Waals surface area (Å²) in [5.74, 6) is 0.337. The molecule has 1 N–H and O–H groups in total. The minimum atomic E-state index is -0.299. The Hall–Kier alpha value is -1.36. The van der Waals surface area contributed by atoms with Crippen LogP contribution in [0, 0.1) is 11.8 Å². The van der Waals surface area contributed by atoms with E-state index in [1.165, 1.54) is 17.7 Å². The maximum atomic E-state index is 12.5. The van der Waals surface area contributed by atoms with Gasteiger partial charge in [-0.25, -0.2) is 4.79 Å². The quantitative estimate of drug-likeness (QED) is 0.644. The molecule has 1 aromatic heterocycles. The third kappa shape index (κ3) is 4.84. The van der Waals surface area contributed by atoms with Crippen molar-refractivity contribution < 1.29 is 14.3 Å². The van der Waals surface area contributed by atoms with Gasteiger partial charge in [0.2, 0.25) is 5.91 Å². The number of nitrogens with one attached hydrogen (secondary N) is 1. The maximum Gasteiger partial charge on any atom is 0.341 e. The summed E-state index contributed by atoms with van der Waals surface area (Å²) in [4.78, 5) is 26.2. The van der Waals surface area contributed by atoms with Crippen LogP contribution >= 0.6 is 11.3 Å². The Morgan fingerprint density at radius 2 is 2.04 bits per heavy atom. The summed E-state index contributed by atoms with van der Waals surface area (Å²) in [6, 6.07) is 0. The van der Waals surface area contributed by atoms with Gasteiger partial charge in [0.25, 0.3) is 0 Å². The highest BCUT2D eigenvalue weighted by Crippen LogP contribution is 2.41. The second-order valence-corrected chi connectivity index (χ2v) is 8.11. The first-order valence-corrected chi connectivity index (χ1v) is 10.5. The number of thiophene rings is 1. The van der Waals surface area contributed by atoms with Crippen molar-refractivity contribution in [3.05, 3.63) is 16.0 Å². The lowest BCUT2D eigenvalue weighted by atomic mass is 9.84. The molecule has 0 fully saturated rings.